The van der Waals surface area contributed by atoms with Crippen LogP contribution in [-0.4, -0.2) is 6.61 Å². The van der Waals surface area contributed by atoms with Gasteiger partial charge < -0.3 is 4.74 Å². The Morgan fingerprint density at radius 2 is 2.25 bits per heavy atom. The van der Waals surface area contributed by atoms with Crippen molar-refractivity contribution in [1.82, 2.24) is 0 Å². The molecule has 0 saturated heterocycles. The Morgan fingerprint density at radius 3 is 2.88 bits per heavy atom. The molecule has 0 aliphatic rings. The van der Waals surface area contributed by atoms with Gasteiger partial charge in [-0.2, -0.15) is 5.26 Å². The van der Waals surface area contributed by atoms with Gasteiger partial charge in [0.15, 0.2) is 0 Å². The van der Waals surface area contributed by atoms with Gasteiger partial charge in [0.25, 0.3) is 0 Å². The molecule has 3 heteroatoms. The summed E-state index contributed by atoms with van der Waals surface area (Å²) in [5.41, 5.74) is 0.575. The largest absolute Gasteiger partial charge is 0.492 e. The predicted molar refractivity (Wildman–Crippen MR) is 68.4 cm³/mol. The minimum Gasteiger partial charge on any atom is -0.492 e. The van der Waals surface area contributed by atoms with Crippen molar-refractivity contribution in [2.24, 2.45) is 5.92 Å². The van der Waals surface area contributed by atoms with Crippen molar-refractivity contribution in [3.8, 4) is 11.8 Å². The Labute approximate surface area is 105 Å². The molecule has 0 heterocycles. The van der Waals surface area contributed by atoms with E-state index in [1.165, 1.54) is 0 Å². The maximum atomic E-state index is 9.01. The van der Waals surface area contributed by atoms with Crippen LogP contribution in [-0.2, 0) is 0 Å². The van der Waals surface area contributed by atoms with E-state index in [0.717, 1.165) is 17.3 Å². The number of nitriles is 1. The molecule has 0 N–H and O–H groups in total. The van der Waals surface area contributed by atoms with E-state index in [-0.39, 0.29) is 0 Å². The van der Waals surface area contributed by atoms with E-state index in [2.05, 4.69) is 35.8 Å². The van der Waals surface area contributed by atoms with E-state index in [4.69, 9.17) is 10.00 Å². The van der Waals surface area contributed by atoms with Crippen LogP contribution in [0.15, 0.2) is 22.7 Å². The lowest BCUT2D eigenvalue weighted by atomic mass is 10.1. The fraction of sp³-hybridized carbons (Fsp3) is 0.462. The maximum absolute atomic E-state index is 9.01. The minimum atomic E-state index is 0.524. The van der Waals surface area contributed by atoms with Crippen LogP contribution in [0, 0.1) is 17.2 Å². The van der Waals surface area contributed by atoms with Gasteiger partial charge in [-0.05, 0) is 40.4 Å². The van der Waals surface area contributed by atoms with Crippen molar-refractivity contribution in [3.63, 3.8) is 0 Å². The Hall–Kier alpha value is -1.01. The van der Waals surface area contributed by atoms with Crippen LogP contribution in [0.4, 0.5) is 0 Å². The fourth-order valence-electron chi connectivity index (χ4n) is 1.54. The number of ether oxygens (including phenoxy) is 1. The number of benzene rings is 1. The summed E-state index contributed by atoms with van der Waals surface area (Å²) in [5.74, 6) is 1.19. The third-order valence-electron chi connectivity index (χ3n) is 2.39. The summed E-state index contributed by atoms with van der Waals surface area (Å²) >= 11 is 3.34. The second kappa shape index (κ2) is 6.55. The zero-order chi connectivity index (χ0) is 12.0. The van der Waals surface area contributed by atoms with Crippen molar-refractivity contribution < 1.29 is 4.74 Å². The molecule has 0 aliphatic heterocycles. The van der Waals surface area contributed by atoms with E-state index in [9.17, 15) is 0 Å². The molecule has 1 atom stereocenters. The first kappa shape index (κ1) is 13.1. The van der Waals surface area contributed by atoms with Crippen LogP contribution in [0.1, 0.15) is 32.3 Å². The molecule has 86 valence electrons. The van der Waals surface area contributed by atoms with Gasteiger partial charge in [0.05, 0.1) is 6.61 Å². The zero-order valence-electron chi connectivity index (χ0n) is 9.66. The lowest BCUT2D eigenvalue weighted by Gasteiger charge is -2.13. The summed E-state index contributed by atoms with van der Waals surface area (Å²) in [7, 11) is 0. The lowest BCUT2D eigenvalue weighted by molar-refractivity contribution is 0.251. The molecule has 0 aliphatic carbocycles. The van der Waals surface area contributed by atoms with Crippen molar-refractivity contribution >= 4 is 15.9 Å². The van der Waals surface area contributed by atoms with Gasteiger partial charge in [-0.15, -0.1) is 0 Å². The van der Waals surface area contributed by atoms with Crippen LogP contribution < -0.4 is 4.74 Å². The molecule has 1 rings (SSSR count). The molecule has 0 spiro atoms. The molecule has 0 radical (unpaired) electrons. The van der Waals surface area contributed by atoms with Gasteiger partial charge in [-0.3, -0.25) is 0 Å². The number of nitrogens with zero attached hydrogens (tertiary/aromatic N) is 1. The highest BCUT2D eigenvalue weighted by molar-refractivity contribution is 9.10. The number of hydrogen-bond acceptors (Lipinski definition) is 2. The van der Waals surface area contributed by atoms with Crippen LogP contribution in [0.3, 0.4) is 0 Å². The van der Waals surface area contributed by atoms with Crippen LogP contribution in [0.25, 0.3) is 0 Å². The second-order valence-electron chi connectivity index (χ2n) is 3.93. The quantitative estimate of drug-likeness (QED) is 0.813. The smallest absolute Gasteiger partial charge is 0.138 e. The molecule has 1 aromatic carbocycles. The van der Waals surface area contributed by atoms with E-state index >= 15 is 0 Å². The van der Waals surface area contributed by atoms with E-state index < -0.39 is 0 Å². The zero-order valence-corrected chi connectivity index (χ0v) is 11.3. The van der Waals surface area contributed by atoms with Gasteiger partial charge in [-0.25, -0.2) is 0 Å². The first-order valence-electron chi connectivity index (χ1n) is 5.50. The summed E-state index contributed by atoms with van der Waals surface area (Å²) in [6.07, 6.45) is 2.31. The van der Waals surface area contributed by atoms with Gasteiger partial charge >= 0.3 is 0 Å². The predicted octanol–water partition coefficient (Wildman–Crippen LogP) is 4.14. The Kier molecular flexibility index (Phi) is 5.34. The maximum Gasteiger partial charge on any atom is 0.138 e. The molecule has 1 aromatic rings. The van der Waals surface area contributed by atoms with Crippen LogP contribution in [0.5, 0.6) is 5.75 Å². The van der Waals surface area contributed by atoms with E-state index in [1.807, 2.05) is 18.2 Å². The first-order valence-corrected chi connectivity index (χ1v) is 6.29. The van der Waals surface area contributed by atoms with Gasteiger partial charge in [0.1, 0.15) is 17.4 Å². The Bertz CT molecular complexity index is 384. The molecular formula is C13H16BrNO. The van der Waals surface area contributed by atoms with Crippen LogP contribution in [0.2, 0.25) is 0 Å². The lowest BCUT2D eigenvalue weighted by Crippen LogP contribution is -2.09. The Balaban J connectivity index is 2.67. The SMILES string of the molecule is CCCC(C)COc1cccc(Br)c1C#N. The number of rotatable bonds is 5. The van der Waals surface area contributed by atoms with Crippen molar-refractivity contribution in [1.29, 1.82) is 5.26 Å². The molecule has 16 heavy (non-hydrogen) atoms. The average molecular weight is 282 g/mol. The molecule has 2 nitrogen and oxygen atoms in total. The molecule has 0 amide bonds. The van der Waals surface area contributed by atoms with Crippen molar-refractivity contribution in [3.05, 3.63) is 28.2 Å². The number of hydrogen-bond donors (Lipinski definition) is 0. The van der Waals surface area contributed by atoms with Gasteiger partial charge in [0, 0.05) is 4.47 Å². The van der Waals surface area contributed by atoms with Gasteiger partial charge in [-0.1, -0.05) is 26.3 Å². The molecule has 1 unspecified atom stereocenters. The van der Waals surface area contributed by atoms with Crippen LogP contribution >= 0.6 is 15.9 Å². The highest BCUT2D eigenvalue weighted by Gasteiger charge is 2.08. The topological polar surface area (TPSA) is 33.0 Å². The second-order valence-corrected chi connectivity index (χ2v) is 4.78. The molecule has 0 saturated carbocycles. The number of halogens is 1. The summed E-state index contributed by atoms with van der Waals surface area (Å²) in [6, 6.07) is 7.71. The van der Waals surface area contributed by atoms with Crippen molar-refractivity contribution in [2.45, 2.75) is 26.7 Å². The summed E-state index contributed by atoms with van der Waals surface area (Å²) in [4.78, 5) is 0. The standard InChI is InChI=1S/C13H16BrNO/c1-3-5-10(2)9-16-13-7-4-6-12(14)11(13)8-15/h4,6-7,10H,3,5,9H2,1-2H3. The summed E-state index contributed by atoms with van der Waals surface area (Å²) in [5, 5.41) is 9.01. The summed E-state index contributed by atoms with van der Waals surface area (Å²) < 4.78 is 6.46. The van der Waals surface area contributed by atoms with Gasteiger partial charge in [0.2, 0.25) is 0 Å². The molecular weight excluding hydrogens is 266 g/mol. The highest BCUT2D eigenvalue weighted by atomic mass is 79.9. The highest BCUT2D eigenvalue weighted by Crippen LogP contribution is 2.26. The van der Waals surface area contributed by atoms with Crippen molar-refractivity contribution in [2.75, 3.05) is 6.61 Å². The third-order valence-corrected chi connectivity index (χ3v) is 3.05. The monoisotopic (exact) mass is 281 g/mol. The van der Waals surface area contributed by atoms with E-state index in [1.54, 1.807) is 0 Å². The first-order chi connectivity index (χ1) is 7.69. The summed E-state index contributed by atoms with van der Waals surface area (Å²) in [6.45, 7) is 4.99. The normalized spacial score (nSPS) is 11.9. The van der Waals surface area contributed by atoms with E-state index in [0.29, 0.717) is 23.8 Å². The Morgan fingerprint density at radius 1 is 1.50 bits per heavy atom. The third kappa shape index (κ3) is 3.53. The molecule has 0 bridgehead atoms. The fourth-order valence-corrected chi connectivity index (χ4v) is 1.98. The minimum absolute atomic E-state index is 0.524. The molecule has 0 fully saturated rings. The average Bonchev–Trinajstić information content (AvgIpc) is 2.27. The molecule has 0 aromatic heterocycles.